The Balaban J connectivity index is 1.94. The van der Waals surface area contributed by atoms with Gasteiger partial charge in [0.2, 0.25) is 5.91 Å². The molecule has 0 bridgehead atoms. The summed E-state index contributed by atoms with van der Waals surface area (Å²) in [6.07, 6.45) is 0.174. The van der Waals surface area contributed by atoms with Crippen LogP contribution in [0.2, 0.25) is 0 Å². The first-order valence-corrected chi connectivity index (χ1v) is 8.27. The van der Waals surface area contributed by atoms with Gasteiger partial charge in [-0.2, -0.15) is 0 Å². The Morgan fingerprint density at radius 3 is 2.38 bits per heavy atom. The number of carbonyl (C=O) groups excluding carboxylic acids is 2. The quantitative estimate of drug-likeness (QED) is 0.711. The van der Waals surface area contributed by atoms with Crippen molar-refractivity contribution < 1.29 is 19.5 Å². The molecule has 3 N–H and O–H groups in total. The lowest BCUT2D eigenvalue weighted by atomic mass is 10.1. The molecule has 0 saturated carbocycles. The van der Waals surface area contributed by atoms with E-state index in [1.165, 1.54) is 18.3 Å². The van der Waals surface area contributed by atoms with Gasteiger partial charge >= 0.3 is 5.97 Å². The van der Waals surface area contributed by atoms with Crippen molar-refractivity contribution in [1.29, 1.82) is 0 Å². The van der Waals surface area contributed by atoms with E-state index >= 15 is 0 Å². The first-order chi connectivity index (χ1) is 11.5. The highest BCUT2D eigenvalue weighted by Crippen LogP contribution is 2.08. The van der Waals surface area contributed by atoms with Crippen LogP contribution in [0.4, 0.5) is 0 Å². The minimum Gasteiger partial charge on any atom is -0.480 e. The molecule has 0 saturated heterocycles. The number of carbonyl (C=O) groups is 3. The number of carboxylic acid groups (broad SMARTS) is 1. The van der Waals surface area contributed by atoms with E-state index in [4.69, 9.17) is 0 Å². The van der Waals surface area contributed by atoms with Gasteiger partial charge in [-0.15, -0.1) is 11.3 Å². The predicted octanol–water partition coefficient (Wildman–Crippen LogP) is 1.68. The van der Waals surface area contributed by atoms with Gasteiger partial charge in [-0.1, -0.05) is 36.4 Å². The van der Waals surface area contributed by atoms with E-state index in [9.17, 15) is 19.5 Å². The number of nitrogens with one attached hydrogen (secondary N) is 2. The fraction of sp³-hybridized carbons (Fsp3) is 0.235. The Bertz CT molecular complexity index is 701. The SMILES string of the molecule is C[C@H](NC(=O)c1cccs1)C(=O)N[C@H](Cc1ccccc1)C(=O)O. The van der Waals surface area contributed by atoms with Crippen LogP contribution < -0.4 is 10.6 Å². The lowest BCUT2D eigenvalue weighted by Gasteiger charge is -2.18. The third-order valence-electron chi connectivity index (χ3n) is 3.38. The van der Waals surface area contributed by atoms with E-state index in [0.29, 0.717) is 4.88 Å². The highest BCUT2D eigenvalue weighted by Gasteiger charge is 2.24. The molecule has 2 rings (SSSR count). The van der Waals surface area contributed by atoms with Crippen molar-refractivity contribution in [3.05, 3.63) is 58.3 Å². The molecule has 0 radical (unpaired) electrons. The van der Waals surface area contributed by atoms with Crippen molar-refractivity contribution in [2.24, 2.45) is 0 Å². The molecule has 2 amide bonds. The maximum Gasteiger partial charge on any atom is 0.326 e. The molecule has 0 unspecified atom stereocenters. The highest BCUT2D eigenvalue weighted by molar-refractivity contribution is 7.12. The number of hydrogen-bond donors (Lipinski definition) is 3. The average Bonchev–Trinajstić information content (AvgIpc) is 3.09. The van der Waals surface area contributed by atoms with Gasteiger partial charge in [-0.05, 0) is 23.9 Å². The van der Waals surface area contributed by atoms with Crippen molar-refractivity contribution in [3.63, 3.8) is 0 Å². The highest BCUT2D eigenvalue weighted by atomic mass is 32.1. The van der Waals surface area contributed by atoms with Gasteiger partial charge < -0.3 is 15.7 Å². The summed E-state index contributed by atoms with van der Waals surface area (Å²) in [4.78, 5) is 36.0. The number of thiophene rings is 1. The zero-order valence-corrected chi connectivity index (χ0v) is 13.9. The number of aliphatic carboxylic acids is 1. The largest absolute Gasteiger partial charge is 0.480 e. The van der Waals surface area contributed by atoms with E-state index in [2.05, 4.69) is 10.6 Å². The topological polar surface area (TPSA) is 95.5 Å². The average molecular weight is 346 g/mol. The van der Waals surface area contributed by atoms with Crippen LogP contribution in [-0.2, 0) is 16.0 Å². The summed E-state index contributed by atoms with van der Waals surface area (Å²) in [5.74, 6) is -2.02. The van der Waals surface area contributed by atoms with Gasteiger partial charge in [-0.25, -0.2) is 4.79 Å². The van der Waals surface area contributed by atoms with Crippen LogP contribution >= 0.6 is 11.3 Å². The third kappa shape index (κ3) is 4.92. The maximum atomic E-state index is 12.2. The van der Waals surface area contributed by atoms with Gasteiger partial charge in [0.15, 0.2) is 0 Å². The van der Waals surface area contributed by atoms with E-state index < -0.39 is 24.0 Å². The van der Waals surface area contributed by atoms with Crippen LogP contribution in [0.15, 0.2) is 47.8 Å². The van der Waals surface area contributed by atoms with Gasteiger partial charge in [0.05, 0.1) is 4.88 Å². The smallest absolute Gasteiger partial charge is 0.326 e. The van der Waals surface area contributed by atoms with Crippen LogP contribution in [-0.4, -0.2) is 35.0 Å². The van der Waals surface area contributed by atoms with Crippen molar-refractivity contribution in [2.45, 2.75) is 25.4 Å². The van der Waals surface area contributed by atoms with Crippen LogP contribution in [0, 0.1) is 0 Å². The Morgan fingerprint density at radius 2 is 1.79 bits per heavy atom. The second kappa shape index (κ2) is 8.26. The molecule has 6 nitrogen and oxygen atoms in total. The molecule has 126 valence electrons. The minimum absolute atomic E-state index is 0.174. The number of carboxylic acids is 1. The van der Waals surface area contributed by atoms with Crippen molar-refractivity contribution in [1.82, 2.24) is 10.6 Å². The number of benzene rings is 1. The Kier molecular flexibility index (Phi) is 6.08. The van der Waals surface area contributed by atoms with Crippen LogP contribution in [0.1, 0.15) is 22.2 Å². The van der Waals surface area contributed by atoms with Gasteiger partial charge in [0.1, 0.15) is 12.1 Å². The summed E-state index contributed by atoms with van der Waals surface area (Å²) >= 11 is 1.27. The van der Waals surface area contributed by atoms with Crippen LogP contribution in [0.5, 0.6) is 0 Å². The normalized spacial score (nSPS) is 12.9. The van der Waals surface area contributed by atoms with Crippen LogP contribution in [0.25, 0.3) is 0 Å². The molecule has 0 aliphatic rings. The molecule has 7 heteroatoms. The Hall–Kier alpha value is -2.67. The summed E-state index contributed by atoms with van der Waals surface area (Å²) < 4.78 is 0. The Morgan fingerprint density at radius 1 is 1.08 bits per heavy atom. The Labute approximate surface area is 143 Å². The van der Waals surface area contributed by atoms with Crippen molar-refractivity contribution in [2.75, 3.05) is 0 Å². The second-order valence-corrected chi connectivity index (χ2v) is 6.21. The number of amides is 2. The third-order valence-corrected chi connectivity index (χ3v) is 4.25. The molecular weight excluding hydrogens is 328 g/mol. The number of rotatable bonds is 7. The van der Waals surface area contributed by atoms with Gasteiger partial charge in [-0.3, -0.25) is 9.59 Å². The minimum atomic E-state index is -1.12. The molecular formula is C17H18N2O4S. The summed E-state index contributed by atoms with van der Waals surface area (Å²) in [5.41, 5.74) is 0.806. The fourth-order valence-corrected chi connectivity index (χ4v) is 2.71. The van der Waals surface area contributed by atoms with Crippen molar-refractivity contribution >= 4 is 29.1 Å². The molecule has 0 aliphatic carbocycles. The molecule has 1 aromatic heterocycles. The summed E-state index contributed by atoms with van der Waals surface area (Å²) in [7, 11) is 0. The zero-order chi connectivity index (χ0) is 17.5. The zero-order valence-electron chi connectivity index (χ0n) is 13.1. The van der Waals surface area contributed by atoms with E-state index in [0.717, 1.165) is 5.56 Å². The molecule has 0 fully saturated rings. The van der Waals surface area contributed by atoms with Gasteiger partial charge in [0, 0.05) is 6.42 Å². The lowest BCUT2D eigenvalue weighted by Crippen LogP contribution is -2.51. The molecule has 0 aliphatic heterocycles. The molecule has 2 aromatic rings. The first kappa shape index (κ1) is 17.7. The monoisotopic (exact) mass is 346 g/mol. The predicted molar refractivity (Wildman–Crippen MR) is 91.0 cm³/mol. The van der Waals surface area contributed by atoms with E-state index in [1.54, 1.807) is 41.8 Å². The van der Waals surface area contributed by atoms with Gasteiger partial charge in [0.25, 0.3) is 5.91 Å². The first-order valence-electron chi connectivity index (χ1n) is 7.39. The summed E-state index contributed by atoms with van der Waals surface area (Å²) in [5, 5.41) is 16.1. The van der Waals surface area contributed by atoms with Crippen LogP contribution in [0.3, 0.4) is 0 Å². The summed E-state index contributed by atoms with van der Waals surface area (Å²) in [6.45, 7) is 1.52. The lowest BCUT2D eigenvalue weighted by molar-refractivity contribution is -0.142. The summed E-state index contributed by atoms with van der Waals surface area (Å²) in [6, 6.07) is 10.5. The number of hydrogen-bond acceptors (Lipinski definition) is 4. The standard InChI is InChI=1S/C17H18N2O4S/c1-11(18-16(21)14-8-5-9-24-14)15(20)19-13(17(22)23)10-12-6-3-2-4-7-12/h2-9,11,13H,10H2,1H3,(H,18,21)(H,19,20)(H,22,23)/t11-,13+/m0/s1. The second-order valence-electron chi connectivity index (χ2n) is 5.26. The molecule has 2 atom stereocenters. The molecule has 1 heterocycles. The van der Waals surface area contributed by atoms with Crippen molar-refractivity contribution in [3.8, 4) is 0 Å². The molecule has 24 heavy (non-hydrogen) atoms. The van der Waals surface area contributed by atoms with E-state index in [-0.39, 0.29) is 12.3 Å². The van der Waals surface area contributed by atoms with E-state index in [1.807, 2.05) is 6.07 Å². The molecule has 0 spiro atoms. The maximum absolute atomic E-state index is 12.2. The molecule has 1 aromatic carbocycles. The fourth-order valence-electron chi connectivity index (χ4n) is 2.09.